The Hall–Kier alpha value is -3.66. The SMILES string of the molecule is COc1ccnc(C(=O)N[C@H]2COC(=O)[C@H](CCOCc3ccccc3)C[C@H](C)OC2=O)c1O. The first-order valence-corrected chi connectivity index (χ1v) is 10.9. The fourth-order valence-electron chi connectivity index (χ4n) is 3.50. The van der Waals surface area contributed by atoms with Gasteiger partial charge in [0, 0.05) is 18.9 Å². The molecule has 0 radical (unpaired) electrons. The van der Waals surface area contributed by atoms with Crippen LogP contribution in [0.15, 0.2) is 42.6 Å². The summed E-state index contributed by atoms with van der Waals surface area (Å²) in [5, 5.41) is 12.5. The lowest BCUT2D eigenvalue weighted by Gasteiger charge is -2.18. The van der Waals surface area contributed by atoms with E-state index in [4.69, 9.17) is 18.9 Å². The molecule has 1 amide bonds. The molecule has 0 aliphatic carbocycles. The molecule has 1 fully saturated rings. The van der Waals surface area contributed by atoms with Crippen molar-refractivity contribution in [3.05, 3.63) is 53.9 Å². The van der Waals surface area contributed by atoms with Crippen molar-refractivity contribution < 1.29 is 38.4 Å². The van der Waals surface area contributed by atoms with Gasteiger partial charge in [0.25, 0.3) is 5.91 Å². The maximum atomic E-state index is 12.6. The number of hydrogen-bond donors (Lipinski definition) is 2. The summed E-state index contributed by atoms with van der Waals surface area (Å²) in [5.41, 5.74) is 0.692. The van der Waals surface area contributed by atoms with Crippen LogP contribution >= 0.6 is 0 Å². The third-order valence-electron chi connectivity index (χ3n) is 5.29. The van der Waals surface area contributed by atoms with E-state index in [9.17, 15) is 19.5 Å². The maximum Gasteiger partial charge on any atom is 0.332 e. The van der Waals surface area contributed by atoms with Crippen LogP contribution in [-0.4, -0.2) is 60.4 Å². The van der Waals surface area contributed by atoms with Gasteiger partial charge in [-0.25, -0.2) is 9.78 Å². The number of carbonyl (C=O) groups excluding carboxylic acids is 3. The maximum absolute atomic E-state index is 12.6. The highest BCUT2D eigenvalue weighted by Gasteiger charge is 2.33. The number of benzene rings is 1. The fourth-order valence-corrected chi connectivity index (χ4v) is 3.50. The van der Waals surface area contributed by atoms with Crippen LogP contribution < -0.4 is 10.1 Å². The zero-order valence-electron chi connectivity index (χ0n) is 19.1. The first-order chi connectivity index (χ1) is 16.4. The molecular formula is C24H28N2O8. The number of nitrogens with zero attached hydrogens (tertiary/aromatic N) is 1. The van der Waals surface area contributed by atoms with E-state index in [0.717, 1.165) is 5.56 Å². The number of nitrogens with one attached hydrogen (secondary N) is 1. The monoisotopic (exact) mass is 472 g/mol. The minimum absolute atomic E-state index is 0.0505. The molecule has 10 nitrogen and oxygen atoms in total. The van der Waals surface area contributed by atoms with Crippen LogP contribution in [0.2, 0.25) is 0 Å². The number of amides is 1. The lowest BCUT2D eigenvalue weighted by atomic mass is 9.99. The van der Waals surface area contributed by atoms with Gasteiger partial charge in [-0.3, -0.25) is 9.59 Å². The Kier molecular flexibility index (Phi) is 8.80. The van der Waals surface area contributed by atoms with Gasteiger partial charge in [-0.1, -0.05) is 30.3 Å². The van der Waals surface area contributed by atoms with Crippen LogP contribution in [0.25, 0.3) is 0 Å². The molecule has 1 aromatic heterocycles. The van der Waals surface area contributed by atoms with E-state index in [2.05, 4.69) is 10.3 Å². The Morgan fingerprint density at radius 3 is 2.71 bits per heavy atom. The van der Waals surface area contributed by atoms with Gasteiger partial charge >= 0.3 is 11.9 Å². The second kappa shape index (κ2) is 12.0. The quantitative estimate of drug-likeness (QED) is 0.437. The zero-order valence-corrected chi connectivity index (χ0v) is 19.1. The molecule has 1 aliphatic rings. The molecule has 0 saturated carbocycles. The van der Waals surface area contributed by atoms with Gasteiger partial charge in [0.15, 0.2) is 23.2 Å². The topological polar surface area (TPSA) is 133 Å². The highest BCUT2D eigenvalue weighted by Crippen LogP contribution is 2.27. The number of hydrogen-bond acceptors (Lipinski definition) is 9. The number of aromatic hydroxyl groups is 1. The third-order valence-corrected chi connectivity index (χ3v) is 5.29. The highest BCUT2D eigenvalue weighted by molar-refractivity contribution is 5.98. The largest absolute Gasteiger partial charge is 0.503 e. The van der Waals surface area contributed by atoms with E-state index in [1.165, 1.54) is 19.4 Å². The first kappa shape index (κ1) is 25.0. The molecule has 3 atom stereocenters. The summed E-state index contributed by atoms with van der Waals surface area (Å²) < 4.78 is 21.4. The standard InChI is InChI=1S/C24H28N2O8/c1-15-12-17(9-11-32-13-16-6-4-3-5-7-16)23(29)33-14-18(24(30)34-15)26-22(28)20-21(27)19(31-2)8-10-25-20/h3-8,10,15,17-18,27H,9,11-14H2,1-2H3,(H,26,28)/t15-,17+,18-/m0/s1. The summed E-state index contributed by atoms with van der Waals surface area (Å²) in [6.45, 7) is 2.01. The number of cyclic esters (lactones) is 2. The summed E-state index contributed by atoms with van der Waals surface area (Å²) >= 11 is 0. The van der Waals surface area contributed by atoms with Crippen LogP contribution in [0.4, 0.5) is 0 Å². The minimum Gasteiger partial charge on any atom is -0.503 e. The number of pyridine rings is 1. The number of ether oxygens (including phenoxy) is 4. The highest BCUT2D eigenvalue weighted by atomic mass is 16.6. The molecule has 1 saturated heterocycles. The van der Waals surface area contributed by atoms with Crippen LogP contribution in [0.5, 0.6) is 11.5 Å². The Morgan fingerprint density at radius 1 is 1.21 bits per heavy atom. The molecule has 1 aliphatic heterocycles. The molecule has 10 heteroatoms. The Labute approximate surface area is 197 Å². The van der Waals surface area contributed by atoms with Crippen molar-refractivity contribution >= 4 is 17.8 Å². The smallest absolute Gasteiger partial charge is 0.332 e. The summed E-state index contributed by atoms with van der Waals surface area (Å²) in [5.74, 6) is -3.05. The zero-order chi connectivity index (χ0) is 24.5. The van der Waals surface area contributed by atoms with Crippen molar-refractivity contribution in [1.29, 1.82) is 0 Å². The number of aromatic nitrogens is 1. The van der Waals surface area contributed by atoms with E-state index in [0.29, 0.717) is 19.6 Å². The average molecular weight is 472 g/mol. The lowest BCUT2D eigenvalue weighted by Crippen LogP contribution is -2.46. The fraction of sp³-hybridized carbons (Fsp3) is 0.417. The van der Waals surface area contributed by atoms with Gasteiger partial charge in [0.05, 0.1) is 25.7 Å². The van der Waals surface area contributed by atoms with Gasteiger partial charge in [-0.05, 0) is 25.3 Å². The van der Waals surface area contributed by atoms with Crippen molar-refractivity contribution in [2.24, 2.45) is 5.92 Å². The van der Waals surface area contributed by atoms with Crippen LogP contribution in [-0.2, 0) is 30.4 Å². The Balaban J connectivity index is 1.59. The molecule has 1 aromatic carbocycles. The van der Waals surface area contributed by atoms with Gasteiger partial charge in [-0.2, -0.15) is 0 Å². The average Bonchev–Trinajstić information content (AvgIpc) is 2.87. The number of rotatable bonds is 8. The van der Waals surface area contributed by atoms with Gasteiger partial charge < -0.3 is 29.4 Å². The first-order valence-electron chi connectivity index (χ1n) is 10.9. The van der Waals surface area contributed by atoms with Crippen molar-refractivity contribution in [3.63, 3.8) is 0 Å². The van der Waals surface area contributed by atoms with E-state index >= 15 is 0 Å². The van der Waals surface area contributed by atoms with E-state index in [1.54, 1.807) is 6.92 Å². The Morgan fingerprint density at radius 2 is 1.97 bits per heavy atom. The van der Waals surface area contributed by atoms with E-state index < -0.39 is 48.3 Å². The van der Waals surface area contributed by atoms with Crippen molar-refractivity contribution in [2.45, 2.75) is 38.5 Å². The van der Waals surface area contributed by atoms with Crippen LogP contribution in [0.3, 0.4) is 0 Å². The molecule has 0 spiro atoms. The molecule has 34 heavy (non-hydrogen) atoms. The van der Waals surface area contributed by atoms with Crippen LogP contribution in [0.1, 0.15) is 35.8 Å². The lowest BCUT2D eigenvalue weighted by molar-refractivity contribution is -0.152. The summed E-state index contributed by atoms with van der Waals surface area (Å²) in [4.78, 5) is 41.6. The Bertz CT molecular complexity index is 998. The van der Waals surface area contributed by atoms with Gasteiger partial charge in [0.2, 0.25) is 0 Å². The van der Waals surface area contributed by atoms with Crippen molar-refractivity contribution in [1.82, 2.24) is 10.3 Å². The third kappa shape index (κ3) is 6.67. The number of methoxy groups -OCH3 is 1. The second-order valence-corrected chi connectivity index (χ2v) is 7.87. The number of carbonyl (C=O) groups is 3. The van der Waals surface area contributed by atoms with Crippen LogP contribution in [0, 0.1) is 5.92 Å². The molecule has 2 aromatic rings. The molecule has 2 N–H and O–H groups in total. The normalized spacial score (nSPS) is 20.8. The molecule has 0 bridgehead atoms. The molecule has 3 rings (SSSR count). The van der Waals surface area contributed by atoms with E-state index in [-0.39, 0.29) is 17.9 Å². The molecule has 182 valence electrons. The van der Waals surface area contributed by atoms with Gasteiger partial charge in [-0.15, -0.1) is 0 Å². The molecule has 2 heterocycles. The summed E-state index contributed by atoms with van der Waals surface area (Å²) in [6.07, 6.45) is 1.35. The van der Waals surface area contributed by atoms with Gasteiger partial charge in [0.1, 0.15) is 6.61 Å². The molecular weight excluding hydrogens is 444 g/mol. The predicted molar refractivity (Wildman–Crippen MR) is 119 cm³/mol. The van der Waals surface area contributed by atoms with Crippen molar-refractivity contribution in [3.8, 4) is 11.5 Å². The molecule has 0 unspecified atom stereocenters. The van der Waals surface area contributed by atoms with E-state index in [1.807, 2.05) is 30.3 Å². The summed E-state index contributed by atoms with van der Waals surface area (Å²) in [6, 6.07) is 9.78. The summed E-state index contributed by atoms with van der Waals surface area (Å²) in [7, 11) is 1.33. The minimum atomic E-state index is -1.26. The predicted octanol–water partition coefficient (Wildman–Crippen LogP) is 2.00. The number of esters is 2. The van der Waals surface area contributed by atoms with Crippen molar-refractivity contribution in [2.75, 3.05) is 20.3 Å². The second-order valence-electron chi connectivity index (χ2n) is 7.87.